The number of carboxylic acid groups (broad SMARTS) is 1. The first-order valence-electron chi connectivity index (χ1n) is 5.97. The Balaban J connectivity index is 2.09. The molecular formula is C12H16N2O4S. The number of carbonyl (C=O) groups is 2. The quantitative estimate of drug-likeness (QED) is 0.747. The molecule has 0 aromatic carbocycles. The second-order valence-corrected chi connectivity index (χ2v) is 5.46. The van der Waals surface area contributed by atoms with Crippen LogP contribution >= 0.6 is 11.3 Å². The van der Waals surface area contributed by atoms with Crippen LogP contribution in [0, 0.1) is 0 Å². The summed E-state index contributed by atoms with van der Waals surface area (Å²) < 4.78 is 5.15. The van der Waals surface area contributed by atoms with E-state index >= 15 is 0 Å². The van der Waals surface area contributed by atoms with E-state index in [1.165, 1.54) is 11.3 Å². The average Bonchev–Trinajstić information content (AvgIpc) is 2.92. The minimum absolute atomic E-state index is 0.255. The summed E-state index contributed by atoms with van der Waals surface area (Å²) in [5.74, 6) is -1.51. The predicted octanol–water partition coefficient (Wildman–Crippen LogP) is 0.498. The van der Waals surface area contributed by atoms with Crippen LogP contribution in [0.1, 0.15) is 23.8 Å². The lowest BCUT2D eigenvalue weighted by Gasteiger charge is -2.34. The van der Waals surface area contributed by atoms with Crippen LogP contribution in [0.25, 0.3) is 0 Å². The minimum atomic E-state index is -1.26. The molecule has 1 aliphatic rings. The van der Waals surface area contributed by atoms with E-state index in [1.807, 2.05) is 5.38 Å². The number of ether oxygens (including phenoxy) is 1. The van der Waals surface area contributed by atoms with Crippen LogP contribution in [0.4, 0.5) is 0 Å². The number of nitrogens with two attached hydrogens (primary N) is 1. The molecule has 0 radical (unpaired) electrons. The lowest BCUT2D eigenvalue weighted by Crippen LogP contribution is -2.59. The zero-order valence-corrected chi connectivity index (χ0v) is 11.1. The molecular weight excluding hydrogens is 268 g/mol. The van der Waals surface area contributed by atoms with E-state index in [2.05, 4.69) is 5.32 Å². The Kier molecular flexibility index (Phi) is 4.18. The van der Waals surface area contributed by atoms with Gasteiger partial charge in [-0.1, -0.05) is 6.07 Å². The van der Waals surface area contributed by atoms with Crippen LogP contribution in [0.5, 0.6) is 0 Å². The highest BCUT2D eigenvalue weighted by atomic mass is 32.1. The summed E-state index contributed by atoms with van der Waals surface area (Å²) in [6, 6.07) is 2.72. The SMILES string of the molecule is NC(C(=O)NC1(C(=O)O)CCOCC1)c1cccs1. The van der Waals surface area contributed by atoms with Crippen molar-refractivity contribution in [2.75, 3.05) is 13.2 Å². The van der Waals surface area contributed by atoms with E-state index in [0.29, 0.717) is 18.1 Å². The van der Waals surface area contributed by atoms with Crippen LogP contribution in [0.2, 0.25) is 0 Å². The number of carboxylic acids is 1. The molecule has 19 heavy (non-hydrogen) atoms. The van der Waals surface area contributed by atoms with Crippen molar-refractivity contribution in [1.29, 1.82) is 0 Å². The maximum Gasteiger partial charge on any atom is 0.329 e. The maximum atomic E-state index is 12.1. The topological polar surface area (TPSA) is 102 Å². The summed E-state index contributed by atoms with van der Waals surface area (Å²) in [6.45, 7) is 0.641. The molecule has 1 fully saturated rings. The Morgan fingerprint density at radius 2 is 2.16 bits per heavy atom. The van der Waals surface area contributed by atoms with Gasteiger partial charge in [0.05, 0.1) is 0 Å². The van der Waals surface area contributed by atoms with Gasteiger partial charge in [0.25, 0.3) is 0 Å². The van der Waals surface area contributed by atoms with Crippen molar-refractivity contribution in [3.63, 3.8) is 0 Å². The van der Waals surface area contributed by atoms with Crippen molar-refractivity contribution in [3.8, 4) is 0 Å². The predicted molar refractivity (Wildman–Crippen MR) is 69.8 cm³/mol. The second-order valence-electron chi connectivity index (χ2n) is 4.48. The van der Waals surface area contributed by atoms with Crippen molar-refractivity contribution in [3.05, 3.63) is 22.4 Å². The molecule has 2 rings (SSSR count). The Morgan fingerprint density at radius 3 is 2.68 bits per heavy atom. The minimum Gasteiger partial charge on any atom is -0.480 e. The van der Waals surface area contributed by atoms with Crippen molar-refractivity contribution in [2.24, 2.45) is 5.73 Å². The van der Waals surface area contributed by atoms with E-state index in [1.54, 1.807) is 12.1 Å². The number of rotatable bonds is 4. The van der Waals surface area contributed by atoms with E-state index in [9.17, 15) is 14.7 Å². The third-order valence-corrected chi connectivity index (χ3v) is 4.21. The number of aliphatic carboxylic acids is 1. The zero-order chi connectivity index (χ0) is 13.9. The third kappa shape index (κ3) is 2.94. The smallest absolute Gasteiger partial charge is 0.329 e. The molecule has 0 aliphatic carbocycles. The van der Waals surface area contributed by atoms with Crippen molar-refractivity contribution in [2.45, 2.75) is 24.4 Å². The van der Waals surface area contributed by atoms with Gasteiger partial charge in [-0.15, -0.1) is 11.3 Å². The monoisotopic (exact) mass is 284 g/mol. The second kappa shape index (κ2) is 5.68. The fourth-order valence-corrected chi connectivity index (χ4v) is 2.75. The van der Waals surface area contributed by atoms with Gasteiger partial charge in [0, 0.05) is 30.9 Å². The third-order valence-electron chi connectivity index (χ3n) is 3.25. The van der Waals surface area contributed by atoms with Crippen LogP contribution in [-0.4, -0.2) is 35.7 Å². The summed E-state index contributed by atoms with van der Waals surface area (Å²) in [7, 11) is 0. The number of nitrogens with one attached hydrogen (secondary N) is 1. The first kappa shape index (κ1) is 14.0. The maximum absolute atomic E-state index is 12.1. The normalized spacial score (nSPS) is 19.6. The number of carbonyl (C=O) groups excluding carboxylic acids is 1. The number of hydrogen-bond donors (Lipinski definition) is 3. The molecule has 104 valence electrons. The molecule has 0 spiro atoms. The standard InChI is InChI=1S/C12H16N2O4S/c13-9(8-2-1-7-19-8)10(15)14-12(11(16)17)3-5-18-6-4-12/h1-2,7,9H,3-6,13H2,(H,14,15)(H,16,17). The molecule has 2 heterocycles. The number of hydrogen-bond acceptors (Lipinski definition) is 5. The molecule has 1 aliphatic heterocycles. The molecule has 0 saturated carbocycles. The summed E-state index contributed by atoms with van der Waals surface area (Å²) in [4.78, 5) is 24.2. The first-order chi connectivity index (χ1) is 9.05. The highest BCUT2D eigenvalue weighted by Crippen LogP contribution is 2.23. The van der Waals surface area contributed by atoms with Gasteiger partial charge in [-0.05, 0) is 11.4 Å². The largest absolute Gasteiger partial charge is 0.480 e. The Morgan fingerprint density at radius 1 is 1.47 bits per heavy atom. The molecule has 4 N–H and O–H groups in total. The average molecular weight is 284 g/mol. The summed E-state index contributed by atoms with van der Waals surface area (Å²) >= 11 is 1.37. The van der Waals surface area contributed by atoms with Gasteiger partial charge in [-0.3, -0.25) is 4.79 Å². The van der Waals surface area contributed by atoms with Gasteiger partial charge in [0.2, 0.25) is 5.91 Å². The highest BCUT2D eigenvalue weighted by molar-refractivity contribution is 7.10. The number of thiophene rings is 1. The van der Waals surface area contributed by atoms with E-state index in [0.717, 1.165) is 0 Å². The van der Waals surface area contributed by atoms with Gasteiger partial charge in [0.1, 0.15) is 11.6 Å². The van der Waals surface area contributed by atoms with Gasteiger partial charge in [-0.25, -0.2) is 4.79 Å². The summed E-state index contributed by atoms with van der Waals surface area (Å²) in [5, 5.41) is 13.7. The molecule has 1 aromatic rings. The molecule has 7 heteroatoms. The zero-order valence-electron chi connectivity index (χ0n) is 10.3. The summed E-state index contributed by atoms with van der Waals surface area (Å²) in [5.41, 5.74) is 4.57. The Bertz CT molecular complexity index is 454. The van der Waals surface area contributed by atoms with E-state index < -0.39 is 23.5 Å². The lowest BCUT2D eigenvalue weighted by molar-refractivity contribution is -0.152. The van der Waals surface area contributed by atoms with Crippen LogP contribution < -0.4 is 11.1 Å². The van der Waals surface area contributed by atoms with E-state index in [4.69, 9.17) is 10.5 Å². The van der Waals surface area contributed by atoms with Crippen molar-refractivity contribution in [1.82, 2.24) is 5.32 Å². The van der Waals surface area contributed by atoms with Crippen LogP contribution in [-0.2, 0) is 14.3 Å². The molecule has 0 bridgehead atoms. The van der Waals surface area contributed by atoms with Gasteiger partial charge in [0.15, 0.2) is 0 Å². The Labute approximate surface area is 114 Å². The highest BCUT2D eigenvalue weighted by Gasteiger charge is 2.42. The van der Waals surface area contributed by atoms with Gasteiger partial charge >= 0.3 is 5.97 Å². The molecule has 1 saturated heterocycles. The first-order valence-corrected chi connectivity index (χ1v) is 6.85. The van der Waals surface area contributed by atoms with Crippen molar-refractivity contribution >= 4 is 23.2 Å². The fraction of sp³-hybridized carbons (Fsp3) is 0.500. The molecule has 6 nitrogen and oxygen atoms in total. The van der Waals surface area contributed by atoms with Gasteiger partial charge < -0.3 is 20.9 Å². The summed E-state index contributed by atoms with van der Waals surface area (Å²) in [6.07, 6.45) is 0.510. The van der Waals surface area contributed by atoms with E-state index in [-0.39, 0.29) is 12.8 Å². The fourth-order valence-electron chi connectivity index (χ4n) is 2.02. The molecule has 1 atom stereocenters. The number of amides is 1. The Hall–Kier alpha value is -1.44. The van der Waals surface area contributed by atoms with Crippen molar-refractivity contribution < 1.29 is 19.4 Å². The molecule has 1 unspecified atom stereocenters. The molecule has 1 aromatic heterocycles. The van der Waals surface area contributed by atoms with Crippen LogP contribution in [0.15, 0.2) is 17.5 Å². The van der Waals surface area contributed by atoms with Crippen LogP contribution in [0.3, 0.4) is 0 Å². The lowest BCUT2D eigenvalue weighted by atomic mass is 9.89. The molecule has 1 amide bonds. The van der Waals surface area contributed by atoms with Gasteiger partial charge in [-0.2, -0.15) is 0 Å².